The Balaban J connectivity index is 0.00000280. The van der Waals surface area contributed by atoms with Crippen molar-refractivity contribution in [3.05, 3.63) is 24.3 Å². The van der Waals surface area contributed by atoms with Crippen LogP contribution in [0.2, 0.25) is 0 Å². The fraction of sp³-hybridized carbons (Fsp3) is 0.682. The molecule has 6 heteroatoms. The maximum atomic E-state index is 5.53. The number of likely N-dealkylation sites (tertiary alicyclic amines) is 1. The van der Waals surface area contributed by atoms with E-state index in [1.54, 1.807) is 7.11 Å². The molecule has 0 radical (unpaired) electrons. The van der Waals surface area contributed by atoms with E-state index in [9.17, 15) is 0 Å². The van der Waals surface area contributed by atoms with E-state index < -0.39 is 0 Å². The van der Waals surface area contributed by atoms with E-state index in [4.69, 9.17) is 9.73 Å². The zero-order valence-electron chi connectivity index (χ0n) is 18.3. The first-order valence-corrected chi connectivity index (χ1v) is 10.2. The molecule has 2 saturated heterocycles. The number of rotatable bonds is 5. The van der Waals surface area contributed by atoms with Gasteiger partial charge in [0.1, 0.15) is 5.75 Å². The van der Waals surface area contributed by atoms with Gasteiger partial charge in [-0.1, -0.05) is 26.0 Å². The van der Waals surface area contributed by atoms with Crippen molar-refractivity contribution >= 4 is 35.6 Å². The molecule has 28 heavy (non-hydrogen) atoms. The van der Waals surface area contributed by atoms with Crippen LogP contribution in [-0.4, -0.2) is 56.2 Å². The molecule has 2 heterocycles. The van der Waals surface area contributed by atoms with Gasteiger partial charge in [-0.05, 0) is 45.2 Å². The molecule has 2 fully saturated rings. The van der Waals surface area contributed by atoms with Crippen molar-refractivity contribution in [2.75, 3.05) is 44.7 Å². The highest BCUT2D eigenvalue weighted by molar-refractivity contribution is 14.0. The third kappa shape index (κ3) is 4.36. The Bertz CT molecular complexity index is 689. The predicted molar refractivity (Wildman–Crippen MR) is 129 cm³/mol. The van der Waals surface area contributed by atoms with Gasteiger partial charge in [-0.3, -0.25) is 4.99 Å². The third-order valence-corrected chi connectivity index (χ3v) is 6.69. The molecule has 158 valence electrons. The van der Waals surface area contributed by atoms with Crippen LogP contribution in [0, 0.1) is 11.3 Å². The number of para-hydroxylation sites is 2. The lowest BCUT2D eigenvalue weighted by molar-refractivity contribution is -0.0667. The summed E-state index contributed by atoms with van der Waals surface area (Å²) in [7, 11) is 1.75. The zero-order chi connectivity index (χ0) is 19.7. The fourth-order valence-corrected chi connectivity index (χ4v) is 4.10. The SMILES string of the molecule is CCNC(=NCC1CCN(c2ccccc2OC)C1)N1CC(C)(C)C1(C)C.I. The van der Waals surface area contributed by atoms with Crippen LogP contribution in [0.15, 0.2) is 29.3 Å². The number of hydrogen-bond donors (Lipinski definition) is 1. The second-order valence-electron chi connectivity index (χ2n) is 9.00. The Labute approximate surface area is 187 Å². The molecule has 0 aromatic heterocycles. The van der Waals surface area contributed by atoms with Crippen molar-refractivity contribution in [2.24, 2.45) is 16.3 Å². The van der Waals surface area contributed by atoms with Crippen molar-refractivity contribution < 1.29 is 4.74 Å². The smallest absolute Gasteiger partial charge is 0.194 e. The van der Waals surface area contributed by atoms with Crippen molar-refractivity contribution in [3.8, 4) is 5.75 Å². The van der Waals surface area contributed by atoms with Gasteiger partial charge in [0.05, 0.1) is 12.8 Å². The van der Waals surface area contributed by atoms with Crippen LogP contribution in [0.3, 0.4) is 0 Å². The lowest BCUT2D eigenvalue weighted by atomic mass is 9.65. The monoisotopic (exact) mass is 500 g/mol. The highest BCUT2D eigenvalue weighted by Gasteiger charge is 2.53. The summed E-state index contributed by atoms with van der Waals surface area (Å²) in [6.07, 6.45) is 1.18. The maximum Gasteiger partial charge on any atom is 0.194 e. The van der Waals surface area contributed by atoms with Gasteiger partial charge >= 0.3 is 0 Å². The van der Waals surface area contributed by atoms with E-state index in [0.717, 1.165) is 44.4 Å². The number of ether oxygens (including phenoxy) is 1. The molecule has 1 N–H and O–H groups in total. The van der Waals surface area contributed by atoms with Crippen LogP contribution < -0.4 is 15.0 Å². The molecule has 5 nitrogen and oxygen atoms in total. The summed E-state index contributed by atoms with van der Waals surface area (Å²) in [6.45, 7) is 16.4. The molecule has 0 bridgehead atoms. The van der Waals surface area contributed by atoms with Crippen molar-refractivity contribution in [1.29, 1.82) is 0 Å². The minimum atomic E-state index is 0. The van der Waals surface area contributed by atoms with Crippen LogP contribution in [0.4, 0.5) is 5.69 Å². The largest absolute Gasteiger partial charge is 0.495 e. The van der Waals surface area contributed by atoms with Crippen LogP contribution in [0.5, 0.6) is 5.75 Å². The van der Waals surface area contributed by atoms with Crippen molar-refractivity contribution in [3.63, 3.8) is 0 Å². The van der Waals surface area contributed by atoms with E-state index in [2.05, 4.69) is 61.9 Å². The molecule has 1 unspecified atom stereocenters. The number of hydrogen-bond acceptors (Lipinski definition) is 3. The molecule has 0 aliphatic carbocycles. The number of methoxy groups -OCH3 is 1. The molecule has 1 aromatic carbocycles. The minimum Gasteiger partial charge on any atom is -0.495 e. The van der Waals surface area contributed by atoms with E-state index in [1.807, 2.05) is 12.1 Å². The first-order chi connectivity index (χ1) is 12.8. The summed E-state index contributed by atoms with van der Waals surface area (Å²) in [6, 6.07) is 8.30. The number of guanidine groups is 1. The molecule has 1 aromatic rings. The number of aliphatic imine (C=N–C) groups is 1. The average molecular weight is 500 g/mol. The molecule has 0 saturated carbocycles. The molecule has 1 atom stereocenters. The quantitative estimate of drug-likeness (QED) is 0.374. The van der Waals surface area contributed by atoms with Crippen LogP contribution in [-0.2, 0) is 0 Å². The number of nitrogens with one attached hydrogen (secondary N) is 1. The predicted octanol–water partition coefficient (Wildman–Crippen LogP) is 4.23. The first-order valence-electron chi connectivity index (χ1n) is 10.2. The normalized spacial score (nSPS) is 23.1. The highest BCUT2D eigenvalue weighted by atomic mass is 127. The lowest BCUT2D eigenvalue weighted by Gasteiger charge is -2.62. The Hall–Kier alpha value is -1.18. The van der Waals surface area contributed by atoms with E-state index in [1.165, 1.54) is 12.1 Å². The average Bonchev–Trinajstić information content (AvgIpc) is 3.12. The molecule has 2 aliphatic heterocycles. The third-order valence-electron chi connectivity index (χ3n) is 6.69. The van der Waals surface area contributed by atoms with Crippen molar-refractivity contribution in [1.82, 2.24) is 10.2 Å². The van der Waals surface area contributed by atoms with Gasteiger partial charge in [0.25, 0.3) is 0 Å². The summed E-state index contributed by atoms with van der Waals surface area (Å²) in [4.78, 5) is 9.89. The topological polar surface area (TPSA) is 40.1 Å². The Morgan fingerprint density at radius 1 is 1.25 bits per heavy atom. The standard InChI is InChI=1S/C22H36N4O.HI/c1-7-23-20(26-16-21(2,3)22(26,4)5)24-14-17-12-13-25(15-17)18-10-8-9-11-19(18)27-6;/h8-11,17H,7,12-16H2,1-6H3,(H,23,24);1H. The minimum absolute atomic E-state index is 0. The van der Waals surface area contributed by atoms with Gasteiger partial charge in [0.15, 0.2) is 5.96 Å². The first kappa shape index (κ1) is 23.1. The Kier molecular flexibility index (Phi) is 7.50. The Morgan fingerprint density at radius 3 is 2.57 bits per heavy atom. The summed E-state index contributed by atoms with van der Waals surface area (Å²) >= 11 is 0. The summed E-state index contributed by atoms with van der Waals surface area (Å²) < 4.78 is 5.53. The van der Waals surface area contributed by atoms with Gasteiger partial charge < -0.3 is 19.9 Å². The molecule has 0 spiro atoms. The van der Waals surface area contributed by atoms with Gasteiger partial charge in [0.2, 0.25) is 0 Å². The van der Waals surface area contributed by atoms with E-state index in [-0.39, 0.29) is 29.5 Å². The summed E-state index contributed by atoms with van der Waals surface area (Å²) in [5.41, 5.74) is 1.65. The summed E-state index contributed by atoms with van der Waals surface area (Å²) in [5.74, 6) is 2.61. The second-order valence-corrected chi connectivity index (χ2v) is 9.00. The van der Waals surface area contributed by atoms with Crippen LogP contribution in [0.1, 0.15) is 41.0 Å². The fourth-order valence-electron chi connectivity index (χ4n) is 4.10. The zero-order valence-corrected chi connectivity index (χ0v) is 20.6. The number of nitrogens with zero attached hydrogens (tertiary/aromatic N) is 3. The van der Waals surface area contributed by atoms with Gasteiger partial charge in [0, 0.05) is 43.7 Å². The molecular weight excluding hydrogens is 463 g/mol. The number of anilines is 1. The molecule has 2 aliphatic rings. The van der Waals surface area contributed by atoms with Crippen LogP contribution >= 0.6 is 24.0 Å². The van der Waals surface area contributed by atoms with Gasteiger partial charge in [-0.2, -0.15) is 0 Å². The van der Waals surface area contributed by atoms with E-state index >= 15 is 0 Å². The second kappa shape index (κ2) is 9.09. The molecular formula is C22H37IN4O. The summed E-state index contributed by atoms with van der Waals surface area (Å²) in [5, 5.41) is 3.51. The van der Waals surface area contributed by atoms with E-state index in [0.29, 0.717) is 11.3 Å². The maximum absolute atomic E-state index is 5.53. The molecule has 0 amide bonds. The van der Waals surface area contributed by atoms with Crippen LogP contribution in [0.25, 0.3) is 0 Å². The van der Waals surface area contributed by atoms with Gasteiger partial charge in [-0.15, -0.1) is 24.0 Å². The van der Waals surface area contributed by atoms with Crippen molar-refractivity contribution in [2.45, 2.75) is 46.6 Å². The Morgan fingerprint density at radius 2 is 1.96 bits per heavy atom. The van der Waals surface area contributed by atoms with Gasteiger partial charge in [-0.25, -0.2) is 0 Å². The number of benzene rings is 1. The lowest BCUT2D eigenvalue weighted by Crippen LogP contribution is -2.72. The molecule has 3 rings (SSSR count). The number of halogens is 1. The highest BCUT2D eigenvalue weighted by Crippen LogP contribution is 2.46.